The number of aromatic nitrogens is 1. The number of carbonyl (C=O) groups excluding carboxylic acids is 1. The number of ether oxygens (including phenoxy) is 1. The minimum absolute atomic E-state index is 0.00806. The maximum absolute atomic E-state index is 12.1. The van der Waals surface area contributed by atoms with Gasteiger partial charge in [-0.25, -0.2) is 4.79 Å². The van der Waals surface area contributed by atoms with Gasteiger partial charge in [0.05, 0.1) is 12.2 Å². The molecule has 7 nitrogen and oxygen atoms in total. The molecule has 1 fully saturated rings. The first kappa shape index (κ1) is 15.8. The van der Waals surface area contributed by atoms with Crippen molar-refractivity contribution in [2.75, 3.05) is 39.9 Å². The number of oxazole rings is 1. The Morgan fingerprint density at radius 3 is 2.70 bits per heavy atom. The molecule has 2 aromatic rings. The highest BCUT2D eigenvalue weighted by Crippen LogP contribution is 2.15. The number of hydrogen-bond donors (Lipinski definition) is 0. The lowest BCUT2D eigenvalue weighted by Crippen LogP contribution is -2.50. The summed E-state index contributed by atoms with van der Waals surface area (Å²) in [5.41, 5.74) is 2.50. The predicted molar refractivity (Wildman–Crippen MR) is 85.2 cm³/mol. The van der Waals surface area contributed by atoms with E-state index in [1.165, 1.54) is 7.11 Å². The summed E-state index contributed by atoms with van der Waals surface area (Å²) < 4.78 is 11.8. The van der Waals surface area contributed by atoms with E-state index in [2.05, 4.69) is 4.90 Å². The number of aryl methyl sites for hydroxylation is 1. The third-order valence-corrected chi connectivity index (χ3v) is 4.16. The van der Waals surface area contributed by atoms with Crippen molar-refractivity contribution in [1.82, 2.24) is 14.4 Å². The van der Waals surface area contributed by atoms with Crippen LogP contribution in [0.15, 0.2) is 27.4 Å². The van der Waals surface area contributed by atoms with Gasteiger partial charge < -0.3 is 14.1 Å². The molecular formula is C16H21N3O4. The van der Waals surface area contributed by atoms with Gasteiger partial charge in [0.25, 0.3) is 0 Å². The standard InChI is InChI=1S/C16H21N3O4/c1-12-3-4-14-13(9-12)19(16(21)23-14)11-17-5-7-18(8-6-17)15(20)10-22-2/h3-4,9H,5-8,10-11H2,1-2H3. The van der Waals surface area contributed by atoms with Crippen molar-refractivity contribution in [2.24, 2.45) is 0 Å². The quantitative estimate of drug-likeness (QED) is 0.828. The molecule has 1 aliphatic heterocycles. The molecule has 0 spiro atoms. The smallest absolute Gasteiger partial charge is 0.408 e. The lowest BCUT2D eigenvalue weighted by Gasteiger charge is -2.34. The van der Waals surface area contributed by atoms with Crippen molar-refractivity contribution in [3.63, 3.8) is 0 Å². The van der Waals surface area contributed by atoms with Gasteiger partial charge >= 0.3 is 5.76 Å². The second kappa shape index (κ2) is 6.55. The molecule has 0 bridgehead atoms. The first-order valence-electron chi connectivity index (χ1n) is 7.67. The van der Waals surface area contributed by atoms with Crippen LogP contribution in [0.25, 0.3) is 11.1 Å². The van der Waals surface area contributed by atoms with Crippen LogP contribution in [0.4, 0.5) is 0 Å². The molecule has 0 saturated carbocycles. The van der Waals surface area contributed by atoms with E-state index in [0.717, 1.165) is 24.2 Å². The zero-order chi connectivity index (χ0) is 16.4. The molecule has 124 valence electrons. The number of fused-ring (bicyclic) bond motifs is 1. The molecule has 0 aliphatic carbocycles. The van der Waals surface area contributed by atoms with Gasteiger partial charge in [-0.05, 0) is 24.6 Å². The fourth-order valence-electron chi connectivity index (χ4n) is 2.86. The fraction of sp³-hybridized carbons (Fsp3) is 0.500. The van der Waals surface area contributed by atoms with Crippen LogP contribution in [0, 0.1) is 6.92 Å². The average molecular weight is 319 g/mol. The maximum atomic E-state index is 12.1. The number of nitrogens with zero attached hydrogens (tertiary/aromatic N) is 3. The van der Waals surface area contributed by atoms with Crippen molar-refractivity contribution in [3.05, 3.63) is 34.3 Å². The van der Waals surface area contributed by atoms with Gasteiger partial charge in [-0.15, -0.1) is 0 Å². The Morgan fingerprint density at radius 1 is 1.26 bits per heavy atom. The third kappa shape index (κ3) is 3.30. The van der Waals surface area contributed by atoms with E-state index in [9.17, 15) is 9.59 Å². The van der Waals surface area contributed by atoms with Crippen LogP contribution in [-0.4, -0.2) is 60.2 Å². The van der Waals surface area contributed by atoms with Gasteiger partial charge in [0, 0.05) is 33.3 Å². The second-order valence-electron chi connectivity index (χ2n) is 5.84. The Balaban J connectivity index is 1.70. The Morgan fingerprint density at radius 2 is 2.00 bits per heavy atom. The first-order chi connectivity index (χ1) is 11.1. The monoisotopic (exact) mass is 319 g/mol. The van der Waals surface area contributed by atoms with Crippen LogP contribution in [0.5, 0.6) is 0 Å². The van der Waals surface area contributed by atoms with E-state index in [-0.39, 0.29) is 18.3 Å². The summed E-state index contributed by atoms with van der Waals surface area (Å²) in [7, 11) is 1.52. The molecule has 7 heteroatoms. The molecular weight excluding hydrogens is 298 g/mol. The highest BCUT2D eigenvalue weighted by molar-refractivity contribution is 5.77. The zero-order valence-electron chi connectivity index (χ0n) is 13.4. The lowest BCUT2D eigenvalue weighted by molar-refractivity contribution is -0.137. The Hall–Kier alpha value is -2.12. The maximum Gasteiger partial charge on any atom is 0.421 e. The molecule has 1 saturated heterocycles. The molecule has 2 heterocycles. The topological polar surface area (TPSA) is 67.9 Å². The molecule has 0 radical (unpaired) electrons. The molecule has 1 amide bonds. The minimum atomic E-state index is -0.344. The van der Waals surface area contributed by atoms with Crippen molar-refractivity contribution in [1.29, 1.82) is 0 Å². The summed E-state index contributed by atoms with van der Waals surface area (Å²) in [4.78, 5) is 27.8. The van der Waals surface area contributed by atoms with Gasteiger partial charge in [0.2, 0.25) is 5.91 Å². The number of hydrogen-bond acceptors (Lipinski definition) is 5. The Labute approximate surface area is 134 Å². The van der Waals surface area contributed by atoms with Crippen molar-refractivity contribution in [2.45, 2.75) is 13.6 Å². The van der Waals surface area contributed by atoms with E-state index in [1.807, 2.05) is 25.1 Å². The van der Waals surface area contributed by atoms with Gasteiger partial charge in [-0.3, -0.25) is 14.3 Å². The number of piperazine rings is 1. The summed E-state index contributed by atoms with van der Waals surface area (Å²) in [6.45, 7) is 5.31. The second-order valence-corrected chi connectivity index (χ2v) is 5.84. The molecule has 1 aromatic heterocycles. The van der Waals surface area contributed by atoms with E-state index >= 15 is 0 Å². The summed E-state index contributed by atoms with van der Waals surface area (Å²) in [6.07, 6.45) is 0. The van der Waals surface area contributed by atoms with Crippen LogP contribution in [0.3, 0.4) is 0 Å². The normalized spacial score (nSPS) is 16.2. The number of benzene rings is 1. The molecule has 0 unspecified atom stereocenters. The summed E-state index contributed by atoms with van der Waals surface area (Å²) in [6, 6.07) is 5.71. The first-order valence-corrected chi connectivity index (χ1v) is 7.67. The Kier molecular flexibility index (Phi) is 4.49. The van der Waals surface area contributed by atoms with Crippen molar-refractivity contribution < 1.29 is 13.9 Å². The van der Waals surface area contributed by atoms with Gasteiger partial charge in [0.15, 0.2) is 5.58 Å². The number of methoxy groups -OCH3 is 1. The highest BCUT2D eigenvalue weighted by atomic mass is 16.5. The lowest BCUT2D eigenvalue weighted by atomic mass is 10.2. The van der Waals surface area contributed by atoms with Gasteiger partial charge in [-0.2, -0.15) is 0 Å². The largest absolute Gasteiger partial charge is 0.421 e. The zero-order valence-corrected chi connectivity index (χ0v) is 13.4. The van der Waals surface area contributed by atoms with Crippen molar-refractivity contribution >= 4 is 17.0 Å². The molecule has 1 aliphatic rings. The summed E-state index contributed by atoms with van der Waals surface area (Å²) >= 11 is 0. The molecule has 0 N–H and O–H groups in total. The van der Waals surface area contributed by atoms with E-state index < -0.39 is 0 Å². The number of amides is 1. The molecule has 1 aromatic carbocycles. The molecule has 23 heavy (non-hydrogen) atoms. The highest BCUT2D eigenvalue weighted by Gasteiger charge is 2.22. The van der Waals surface area contributed by atoms with Crippen LogP contribution in [0.2, 0.25) is 0 Å². The molecule has 3 rings (SSSR count). The van der Waals surface area contributed by atoms with Crippen LogP contribution >= 0.6 is 0 Å². The minimum Gasteiger partial charge on any atom is -0.408 e. The SMILES string of the molecule is COCC(=O)N1CCN(Cn2c(=O)oc3ccc(C)cc32)CC1. The predicted octanol–water partition coefficient (Wildman–Crippen LogP) is 0.651. The van der Waals surface area contributed by atoms with Crippen LogP contribution < -0.4 is 5.76 Å². The van der Waals surface area contributed by atoms with E-state index in [0.29, 0.717) is 25.3 Å². The number of rotatable bonds is 4. The van der Waals surface area contributed by atoms with E-state index in [1.54, 1.807) is 9.47 Å². The van der Waals surface area contributed by atoms with Crippen LogP contribution in [0.1, 0.15) is 5.56 Å². The Bertz CT molecular complexity index is 756. The average Bonchev–Trinajstić information content (AvgIpc) is 2.84. The van der Waals surface area contributed by atoms with E-state index in [4.69, 9.17) is 9.15 Å². The van der Waals surface area contributed by atoms with Crippen LogP contribution in [-0.2, 0) is 16.2 Å². The summed E-state index contributed by atoms with van der Waals surface area (Å²) in [5.74, 6) is -0.336. The van der Waals surface area contributed by atoms with Gasteiger partial charge in [0.1, 0.15) is 6.61 Å². The number of carbonyl (C=O) groups is 1. The van der Waals surface area contributed by atoms with Crippen molar-refractivity contribution in [3.8, 4) is 0 Å². The molecule has 0 atom stereocenters. The summed E-state index contributed by atoms with van der Waals surface area (Å²) in [5, 5.41) is 0. The van der Waals surface area contributed by atoms with Gasteiger partial charge in [-0.1, -0.05) is 6.07 Å². The third-order valence-electron chi connectivity index (χ3n) is 4.16. The fourth-order valence-corrected chi connectivity index (χ4v) is 2.86.